The molecule has 0 bridgehead atoms. The lowest BCUT2D eigenvalue weighted by Crippen LogP contribution is -2.29. The van der Waals surface area contributed by atoms with E-state index in [-0.39, 0.29) is 5.78 Å². The highest BCUT2D eigenvalue weighted by atomic mass is 16.5. The highest BCUT2D eigenvalue weighted by molar-refractivity contribution is 5.99. The Kier molecular flexibility index (Phi) is 3.85. The summed E-state index contributed by atoms with van der Waals surface area (Å²) in [5.74, 6) is 0.362. The summed E-state index contributed by atoms with van der Waals surface area (Å²) in [7, 11) is 1.57. The summed E-state index contributed by atoms with van der Waals surface area (Å²) in [4.78, 5) is 11.5. The van der Waals surface area contributed by atoms with Crippen LogP contribution in [0.3, 0.4) is 0 Å². The number of carbonyl (C=O) groups excluding carboxylic acids is 1. The second-order valence-electron chi connectivity index (χ2n) is 4.00. The van der Waals surface area contributed by atoms with E-state index in [1.807, 2.05) is 24.3 Å². The average molecular weight is 220 g/mol. The van der Waals surface area contributed by atoms with Crippen molar-refractivity contribution in [3.05, 3.63) is 35.9 Å². The van der Waals surface area contributed by atoms with Crippen LogP contribution in [0.5, 0.6) is 5.75 Å². The molecule has 1 rings (SSSR count). The van der Waals surface area contributed by atoms with E-state index in [2.05, 4.69) is 0 Å². The summed E-state index contributed by atoms with van der Waals surface area (Å²) in [5, 5.41) is 9.46. The van der Waals surface area contributed by atoms with Gasteiger partial charge in [-0.15, -0.1) is 0 Å². The molecule has 0 aromatic heterocycles. The Morgan fingerprint density at radius 1 is 1.38 bits per heavy atom. The van der Waals surface area contributed by atoms with Crippen LogP contribution in [0.25, 0.3) is 6.08 Å². The summed E-state index contributed by atoms with van der Waals surface area (Å²) in [5.41, 5.74) is -0.527. The standard InChI is InChI=1S/C13H16O3/c1-13(2,15)12(14)9-8-10-6-4-5-7-11(10)16-3/h4-9,15H,1-3H3. The smallest absolute Gasteiger partial charge is 0.186 e. The van der Waals surface area contributed by atoms with E-state index >= 15 is 0 Å². The van der Waals surface area contributed by atoms with Crippen LogP contribution < -0.4 is 4.74 Å². The van der Waals surface area contributed by atoms with E-state index in [1.54, 1.807) is 13.2 Å². The maximum absolute atomic E-state index is 11.5. The molecule has 3 nitrogen and oxygen atoms in total. The Bertz CT molecular complexity index is 400. The normalized spacial score (nSPS) is 11.8. The molecule has 1 aromatic carbocycles. The minimum absolute atomic E-state index is 0.335. The molecule has 0 saturated carbocycles. The van der Waals surface area contributed by atoms with Gasteiger partial charge >= 0.3 is 0 Å². The molecule has 0 atom stereocenters. The van der Waals surface area contributed by atoms with Crippen LogP contribution in [0.2, 0.25) is 0 Å². The predicted octanol–water partition coefficient (Wildman–Crippen LogP) is 2.05. The topological polar surface area (TPSA) is 46.5 Å². The summed E-state index contributed by atoms with van der Waals surface area (Å²) < 4.78 is 5.14. The molecule has 16 heavy (non-hydrogen) atoms. The molecule has 0 unspecified atom stereocenters. The van der Waals surface area contributed by atoms with E-state index in [1.165, 1.54) is 19.9 Å². The fraction of sp³-hybridized carbons (Fsp3) is 0.308. The highest BCUT2D eigenvalue weighted by Gasteiger charge is 2.20. The first-order valence-electron chi connectivity index (χ1n) is 5.03. The molecule has 1 N–H and O–H groups in total. The third-order valence-corrected chi connectivity index (χ3v) is 2.16. The van der Waals surface area contributed by atoms with Crippen molar-refractivity contribution in [1.82, 2.24) is 0 Å². The lowest BCUT2D eigenvalue weighted by Gasteiger charge is -2.12. The van der Waals surface area contributed by atoms with Gasteiger partial charge in [-0.2, -0.15) is 0 Å². The Hall–Kier alpha value is -1.61. The zero-order valence-corrected chi connectivity index (χ0v) is 9.73. The van der Waals surface area contributed by atoms with Crippen molar-refractivity contribution >= 4 is 11.9 Å². The molecule has 0 aliphatic carbocycles. The molecular weight excluding hydrogens is 204 g/mol. The second-order valence-corrected chi connectivity index (χ2v) is 4.00. The predicted molar refractivity (Wildman–Crippen MR) is 63.3 cm³/mol. The molecule has 1 aromatic rings. The van der Waals surface area contributed by atoms with Gasteiger partial charge in [0.1, 0.15) is 11.4 Å². The van der Waals surface area contributed by atoms with Gasteiger partial charge in [-0.05, 0) is 32.1 Å². The van der Waals surface area contributed by atoms with E-state index < -0.39 is 5.60 Å². The first kappa shape index (κ1) is 12.5. The molecule has 0 saturated heterocycles. The van der Waals surface area contributed by atoms with Gasteiger partial charge in [-0.25, -0.2) is 0 Å². The highest BCUT2D eigenvalue weighted by Crippen LogP contribution is 2.19. The van der Waals surface area contributed by atoms with E-state index in [9.17, 15) is 9.90 Å². The van der Waals surface area contributed by atoms with E-state index in [0.717, 1.165) is 5.56 Å². The van der Waals surface area contributed by atoms with Crippen molar-refractivity contribution in [2.75, 3.05) is 7.11 Å². The number of ketones is 1. The quantitative estimate of drug-likeness (QED) is 0.790. The zero-order valence-electron chi connectivity index (χ0n) is 9.73. The lowest BCUT2D eigenvalue weighted by molar-refractivity contribution is -0.128. The van der Waals surface area contributed by atoms with Crippen LogP contribution in [0.1, 0.15) is 19.4 Å². The number of carbonyl (C=O) groups is 1. The third-order valence-electron chi connectivity index (χ3n) is 2.16. The Labute approximate surface area is 95.4 Å². The zero-order chi connectivity index (χ0) is 12.2. The number of methoxy groups -OCH3 is 1. The fourth-order valence-electron chi connectivity index (χ4n) is 1.17. The molecule has 0 aliphatic rings. The van der Waals surface area contributed by atoms with Gasteiger partial charge in [0.05, 0.1) is 7.11 Å². The van der Waals surface area contributed by atoms with Crippen LogP contribution >= 0.6 is 0 Å². The molecule has 0 radical (unpaired) electrons. The molecular formula is C13H16O3. The molecule has 3 heteroatoms. The minimum atomic E-state index is -1.33. The summed E-state index contributed by atoms with van der Waals surface area (Å²) in [6, 6.07) is 7.37. The molecule has 0 heterocycles. The van der Waals surface area contributed by atoms with Crippen LogP contribution in [0, 0.1) is 0 Å². The number of rotatable bonds is 4. The van der Waals surface area contributed by atoms with Crippen LogP contribution in [0.4, 0.5) is 0 Å². The number of aliphatic hydroxyl groups is 1. The number of ether oxygens (including phenoxy) is 1. The van der Waals surface area contributed by atoms with E-state index in [4.69, 9.17) is 4.74 Å². The van der Waals surface area contributed by atoms with Crippen molar-refractivity contribution in [3.8, 4) is 5.75 Å². The Morgan fingerprint density at radius 2 is 2.00 bits per heavy atom. The van der Waals surface area contributed by atoms with Crippen molar-refractivity contribution in [1.29, 1.82) is 0 Å². The van der Waals surface area contributed by atoms with E-state index in [0.29, 0.717) is 5.75 Å². The Morgan fingerprint density at radius 3 is 2.56 bits per heavy atom. The van der Waals surface area contributed by atoms with Crippen LogP contribution in [0.15, 0.2) is 30.3 Å². The van der Waals surface area contributed by atoms with Crippen molar-refractivity contribution in [2.45, 2.75) is 19.4 Å². The molecule has 0 amide bonds. The maximum atomic E-state index is 11.5. The molecule has 0 spiro atoms. The fourth-order valence-corrected chi connectivity index (χ4v) is 1.17. The SMILES string of the molecule is COc1ccccc1C=CC(=O)C(C)(C)O. The van der Waals surface area contributed by atoms with Crippen molar-refractivity contribution < 1.29 is 14.6 Å². The summed E-state index contributed by atoms with van der Waals surface area (Å²) in [6.07, 6.45) is 3.00. The first-order chi connectivity index (χ1) is 7.45. The summed E-state index contributed by atoms with van der Waals surface area (Å²) in [6.45, 7) is 2.92. The van der Waals surface area contributed by atoms with Crippen LogP contribution in [-0.2, 0) is 4.79 Å². The van der Waals surface area contributed by atoms with Gasteiger partial charge in [0.15, 0.2) is 5.78 Å². The number of hydrogen-bond acceptors (Lipinski definition) is 3. The Balaban J connectivity index is 2.88. The largest absolute Gasteiger partial charge is 0.496 e. The first-order valence-corrected chi connectivity index (χ1v) is 5.03. The van der Waals surface area contributed by atoms with Gasteiger partial charge in [-0.1, -0.05) is 18.2 Å². The lowest BCUT2D eigenvalue weighted by atomic mass is 10.0. The van der Waals surface area contributed by atoms with Gasteiger partial charge in [0.2, 0.25) is 0 Å². The van der Waals surface area contributed by atoms with Crippen molar-refractivity contribution in [3.63, 3.8) is 0 Å². The molecule has 0 fully saturated rings. The molecule has 0 aliphatic heterocycles. The minimum Gasteiger partial charge on any atom is -0.496 e. The monoisotopic (exact) mass is 220 g/mol. The van der Waals surface area contributed by atoms with Gasteiger partial charge in [0.25, 0.3) is 0 Å². The molecule has 86 valence electrons. The van der Waals surface area contributed by atoms with Gasteiger partial charge < -0.3 is 9.84 Å². The van der Waals surface area contributed by atoms with Crippen LogP contribution in [-0.4, -0.2) is 23.6 Å². The van der Waals surface area contributed by atoms with Gasteiger partial charge in [-0.3, -0.25) is 4.79 Å². The third kappa shape index (κ3) is 3.21. The number of hydrogen-bond donors (Lipinski definition) is 1. The van der Waals surface area contributed by atoms with Crippen molar-refractivity contribution in [2.24, 2.45) is 0 Å². The average Bonchev–Trinajstić information content (AvgIpc) is 2.24. The maximum Gasteiger partial charge on any atom is 0.186 e. The number of benzene rings is 1. The second kappa shape index (κ2) is 4.94. The number of para-hydroxylation sites is 1. The summed E-state index contributed by atoms with van der Waals surface area (Å²) >= 11 is 0. The van der Waals surface area contributed by atoms with Gasteiger partial charge in [0, 0.05) is 5.56 Å².